The fourth-order valence-electron chi connectivity index (χ4n) is 5.95. The van der Waals surface area contributed by atoms with Crippen LogP contribution in [0.15, 0.2) is 84.0 Å². The Labute approximate surface area is 283 Å². The molecule has 1 fully saturated rings. The number of ether oxygens (including phenoxy) is 4. The molecule has 3 heterocycles. The lowest BCUT2D eigenvalue weighted by Crippen LogP contribution is -2.53. The van der Waals surface area contributed by atoms with Gasteiger partial charge in [-0.05, 0) is 49.4 Å². The highest BCUT2D eigenvalue weighted by Gasteiger charge is 2.61. The summed E-state index contributed by atoms with van der Waals surface area (Å²) in [6, 6.07) is 18.3. The van der Waals surface area contributed by atoms with E-state index in [2.05, 4.69) is 9.97 Å². The number of aromatic nitrogens is 2. The van der Waals surface area contributed by atoms with Crippen LogP contribution in [0.3, 0.4) is 0 Å². The first kappa shape index (κ1) is 33.0. The van der Waals surface area contributed by atoms with E-state index >= 15 is 4.79 Å². The first-order valence-corrected chi connectivity index (χ1v) is 16.7. The van der Waals surface area contributed by atoms with Gasteiger partial charge in [0.2, 0.25) is 11.5 Å². The van der Waals surface area contributed by atoms with Gasteiger partial charge in [0.1, 0.15) is 22.1 Å². The van der Waals surface area contributed by atoms with Gasteiger partial charge < -0.3 is 28.7 Å². The molecular formula is C34H32N6O8S. The van der Waals surface area contributed by atoms with E-state index in [1.54, 1.807) is 43.6 Å². The van der Waals surface area contributed by atoms with Gasteiger partial charge in [-0.2, -0.15) is 9.57 Å². The second kappa shape index (κ2) is 13.3. The molecule has 15 heteroatoms. The highest BCUT2D eigenvalue weighted by Crippen LogP contribution is 2.52. The molecule has 1 unspecified atom stereocenters. The summed E-state index contributed by atoms with van der Waals surface area (Å²) >= 11 is 0. The molecule has 2 aliphatic rings. The number of fused-ring (bicyclic) bond motifs is 1. The van der Waals surface area contributed by atoms with E-state index in [9.17, 15) is 18.5 Å². The number of amides is 2. The standard InChI is InChI=1S/C34H32N6O8S/c1-4-47-28-9-6-5-8-25(28)34(48-33(42)39-18-16-38(17-19-39)32-36-14-7-15-37-32)26-20-23(22-35)10-12-27(26)40(31(34)41)49(43,44)30-13-11-24(45-2)21-29(30)46-3/h5-15,20-21H,4,16-19H2,1-3H3. The van der Waals surface area contributed by atoms with Crippen LogP contribution in [0.4, 0.5) is 16.4 Å². The van der Waals surface area contributed by atoms with Gasteiger partial charge in [-0.1, -0.05) is 18.2 Å². The normalized spacial score (nSPS) is 17.3. The van der Waals surface area contributed by atoms with Crippen molar-refractivity contribution in [1.29, 1.82) is 5.26 Å². The molecule has 3 aromatic carbocycles. The minimum atomic E-state index is -4.74. The van der Waals surface area contributed by atoms with E-state index in [0.29, 0.717) is 29.1 Å². The molecule has 14 nitrogen and oxygen atoms in total. The summed E-state index contributed by atoms with van der Waals surface area (Å²) in [5.41, 5.74) is -2.31. The van der Waals surface area contributed by atoms with Crippen LogP contribution in [0.2, 0.25) is 0 Å². The van der Waals surface area contributed by atoms with Crippen LogP contribution in [-0.4, -0.2) is 82.3 Å². The third-order valence-corrected chi connectivity index (χ3v) is 10.0. The Morgan fingerprint density at radius 1 is 0.918 bits per heavy atom. The van der Waals surface area contributed by atoms with Gasteiger partial charge in [-0.15, -0.1) is 0 Å². The molecule has 0 N–H and O–H groups in total. The molecule has 1 atom stereocenters. The summed E-state index contributed by atoms with van der Waals surface area (Å²) in [4.78, 5) is 40.8. The maximum Gasteiger partial charge on any atom is 0.411 e. The van der Waals surface area contributed by atoms with Crippen LogP contribution in [0.1, 0.15) is 23.6 Å². The lowest BCUT2D eigenvalue weighted by atomic mass is 9.85. The van der Waals surface area contributed by atoms with Crippen molar-refractivity contribution in [2.75, 3.05) is 56.2 Å². The van der Waals surface area contributed by atoms with E-state index in [0.717, 1.165) is 0 Å². The zero-order valence-electron chi connectivity index (χ0n) is 26.9. The summed E-state index contributed by atoms with van der Waals surface area (Å²) in [6.45, 7) is 3.09. The zero-order chi connectivity index (χ0) is 34.8. The topological polar surface area (TPSA) is 164 Å². The van der Waals surface area contributed by atoms with Gasteiger partial charge in [0.25, 0.3) is 15.9 Å². The van der Waals surface area contributed by atoms with Crippen molar-refractivity contribution < 1.29 is 37.0 Å². The average Bonchev–Trinajstić information content (AvgIpc) is 3.39. The second-order valence-electron chi connectivity index (χ2n) is 10.9. The van der Waals surface area contributed by atoms with Crippen molar-refractivity contribution in [3.8, 4) is 23.3 Å². The minimum absolute atomic E-state index is 0.0237. The number of para-hydroxylation sites is 1. The monoisotopic (exact) mass is 684 g/mol. The molecule has 1 aromatic heterocycles. The Morgan fingerprint density at radius 3 is 2.33 bits per heavy atom. The number of hydrogen-bond acceptors (Lipinski definition) is 12. The SMILES string of the molecule is CCOc1ccccc1C1(OC(=O)N2CCN(c3ncccn3)CC2)C(=O)N(S(=O)(=O)c2ccc(OC)cc2OC)c2ccc(C#N)cc21. The van der Waals surface area contributed by atoms with Crippen molar-refractivity contribution in [2.45, 2.75) is 17.4 Å². The number of carbonyl (C=O) groups excluding carboxylic acids is 2. The number of anilines is 2. The fraction of sp³-hybridized carbons (Fsp3) is 0.265. The van der Waals surface area contributed by atoms with Crippen LogP contribution in [-0.2, 0) is 25.2 Å². The summed E-state index contributed by atoms with van der Waals surface area (Å²) < 4.78 is 52.5. The van der Waals surface area contributed by atoms with Crippen molar-refractivity contribution in [2.24, 2.45) is 0 Å². The van der Waals surface area contributed by atoms with Gasteiger partial charge in [-0.3, -0.25) is 4.79 Å². The smallest absolute Gasteiger partial charge is 0.411 e. The number of rotatable bonds is 9. The molecule has 0 bridgehead atoms. The minimum Gasteiger partial charge on any atom is -0.497 e. The van der Waals surface area contributed by atoms with Crippen LogP contribution in [0.5, 0.6) is 17.2 Å². The Balaban J connectivity index is 1.49. The maximum absolute atomic E-state index is 15.1. The van der Waals surface area contributed by atoms with Crippen molar-refractivity contribution >= 4 is 33.7 Å². The molecule has 252 valence electrons. The first-order chi connectivity index (χ1) is 23.7. The molecule has 0 spiro atoms. The lowest BCUT2D eigenvalue weighted by Gasteiger charge is -2.37. The Bertz CT molecular complexity index is 2050. The maximum atomic E-state index is 15.1. The quantitative estimate of drug-likeness (QED) is 0.251. The molecule has 1 saturated heterocycles. The Kier molecular flexibility index (Phi) is 8.98. The third kappa shape index (κ3) is 5.69. The summed E-state index contributed by atoms with van der Waals surface area (Å²) in [7, 11) is -2.02. The third-order valence-electron chi connectivity index (χ3n) is 8.28. The number of piperazine rings is 1. The van der Waals surface area contributed by atoms with Crippen LogP contribution >= 0.6 is 0 Å². The lowest BCUT2D eigenvalue weighted by molar-refractivity contribution is -0.132. The van der Waals surface area contributed by atoms with Gasteiger partial charge in [0.05, 0.1) is 43.7 Å². The molecule has 0 radical (unpaired) electrons. The molecule has 2 aliphatic heterocycles. The summed E-state index contributed by atoms with van der Waals surface area (Å²) in [5, 5.41) is 9.89. The number of sulfonamides is 1. The second-order valence-corrected chi connectivity index (χ2v) is 12.7. The van der Waals surface area contributed by atoms with Crippen molar-refractivity contribution in [3.63, 3.8) is 0 Å². The van der Waals surface area contributed by atoms with Crippen LogP contribution in [0, 0.1) is 11.3 Å². The number of hydrogen-bond donors (Lipinski definition) is 0. The molecule has 0 aliphatic carbocycles. The molecule has 6 rings (SSSR count). The largest absolute Gasteiger partial charge is 0.497 e. The highest BCUT2D eigenvalue weighted by molar-refractivity contribution is 7.93. The number of methoxy groups -OCH3 is 2. The predicted molar refractivity (Wildman–Crippen MR) is 176 cm³/mol. The van der Waals surface area contributed by atoms with E-state index in [1.807, 2.05) is 11.0 Å². The highest BCUT2D eigenvalue weighted by atomic mass is 32.2. The van der Waals surface area contributed by atoms with E-state index in [4.69, 9.17) is 18.9 Å². The van der Waals surface area contributed by atoms with Crippen molar-refractivity contribution in [1.82, 2.24) is 14.9 Å². The van der Waals surface area contributed by atoms with Crippen molar-refractivity contribution in [3.05, 3.63) is 95.8 Å². The number of nitriles is 1. The van der Waals surface area contributed by atoms with Crippen LogP contribution < -0.4 is 23.4 Å². The Hall–Kier alpha value is -5.88. The Morgan fingerprint density at radius 2 is 1.65 bits per heavy atom. The van der Waals surface area contributed by atoms with Crippen LogP contribution in [0.25, 0.3) is 0 Å². The molecule has 2 amide bonds. The number of nitrogens with zero attached hydrogens (tertiary/aromatic N) is 6. The molecule has 0 saturated carbocycles. The molecular weight excluding hydrogens is 652 g/mol. The van der Waals surface area contributed by atoms with E-state index in [-0.39, 0.29) is 58.5 Å². The fourth-order valence-corrected chi connectivity index (χ4v) is 7.55. The van der Waals surface area contributed by atoms with E-state index in [1.165, 1.54) is 61.6 Å². The predicted octanol–water partition coefficient (Wildman–Crippen LogP) is 3.70. The number of carbonyl (C=O) groups is 2. The average molecular weight is 685 g/mol. The molecule has 49 heavy (non-hydrogen) atoms. The first-order valence-electron chi connectivity index (χ1n) is 15.3. The number of benzene rings is 3. The van der Waals surface area contributed by atoms with Gasteiger partial charge in [0.15, 0.2) is 0 Å². The zero-order valence-corrected chi connectivity index (χ0v) is 27.7. The summed E-state index contributed by atoms with van der Waals surface area (Å²) in [5.74, 6) is -0.155. The van der Waals surface area contributed by atoms with Gasteiger partial charge in [0, 0.05) is 50.2 Å². The summed E-state index contributed by atoms with van der Waals surface area (Å²) in [6.07, 6.45) is 2.38. The van der Waals surface area contributed by atoms with E-state index < -0.39 is 27.6 Å². The van der Waals surface area contributed by atoms with Gasteiger partial charge >= 0.3 is 6.09 Å². The van der Waals surface area contributed by atoms with Gasteiger partial charge in [-0.25, -0.2) is 23.2 Å². The molecule has 4 aromatic rings.